The summed E-state index contributed by atoms with van der Waals surface area (Å²) in [5, 5.41) is 11.3. The van der Waals surface area contributed by atoms with Crippen molar-refractivity contribution < 1.29 is 19.4 Å². The van der Waals surface area contributed by atoms with E-state index in [1.165, 1.54) is 0 Å². The normalized spacial score (nSPS) is 20.2. The molecule has 2 heterocycles. The highest BCUT2D eigenvalue weighted by Crippen LogP contribution is 2.38. The molecule has 0 bridgehead atoms. The zero-order valence-corrected chi connectivity index (χ0v) is 18.0. The molecule has 2 aromatic heterocycles. The number of methoxy groups -OCH3 is 1. The van der Waals surface area contributed by atoms with Gasteiger partial charge >= 0.3 is 0 Å². The van der Waals surface area contributed by atoms with Crippen LogP contribution in [-0.4, -0.2) is 51.6 Å². The van der Waals surface area contributed by atoms with Crippen LogP contribution in [0.4, 0.5) is 0 Å². The number of primary amides is 1. The van der Waals surface area contributed by atoms with Crippen molar-refractivity contribution in [3.63, 3.8) is 0 Å². The van der Waals surface area contributed by atoms with Gasteiger partial charge in [-0.25, -0.2) is 4.98 Å². The molecule has 1 saturated carbocycles. The Morgan fingerprint density at radius 2 is 2.06 bits per heavy atom. The number of nitrogens with zero attached hydrogens (tertiary/aromatic N) is 3. The fraction of sp³-hybridized carbons (Fsp3) is 0.478. The quantitative estimate of drug-likeness (QED) is 0.539. The van der Waals surface area contributed by atoms with E-state index in [0.717, 1.165) is 47.8 Å². The second kappa shape index (κ2) is 9.21. The predicted octanol–water partition coefficient (Wildman–Crippen LogP) is 3.13. The van der Waals surface area contributed by atoms with Gasteiger partial charge in [-0.05, 0) is 44.7 Å². The average molecular weight is 427 g/mol. The number of aliphatic hydroxyl groups is 1. The maximum Gasteiger partial charge on any atom is 0.250 e. The average Bonchev–Trinajstić information content (AvgIpc) is 3.42. The van der Waals surface area contributed by atoms with Crippen LogP contribution in [0.1, 0.15) is 60.7 Å². The second-order valence-corrected chi connectivity index (χ2v) is 8.19. The number of rotatable bonds is 8. The molecule has 0 saturated heterocycles. The summed E-state index contributed by atoms with van der Waals surface area (Å²) >= 11 is 0. The predicted molar refractivity (Wildman–Crippen MR) is 117 cm³/mol. The monoisotopic (exact) mass is 426 g/mol. The zero-order valence-electron chi connectivity index (χ0n) is 18.0. The van der Waals surface area contributed by atoms with Gasteiger partial charge in [0.2, 0.25) is 0 Å². The van der Waals surface area contributed by atoms with Gasteiger partial charge in [0.15, 0.2) is 0 Å². The number of ether oxygens (including phenoxy) is 2. The van der Waals surface area contributed by atoms with E-state index < -0.39 is 12.0 Å². The Balaban J connectivity index is 1.72. The molecule has 1 atom stereocenters. The van der Waals surface area contributed by atoms with E-state index in [2.05, 4.69) is 9.55 Å². The van der Waals surface area contributed by atoms with E-state index in [1.807, 2.05) is 23.0 Å². The van der Waals surface area contributed by atoms with E-state index in [1.54, 1.807) is 32.6 Å². The topological polar surface area (TPSA) is 105 Å². The molecule has 1 aliphatic rings. The molecule has 4 rings (SSSR count). The van der Waals surface area contributed by atoms with Crippen molar-refractivity contribution in [1.29, 1.82) is 0 Å². The molecule has 3 N–H and O–H groups in total. The third-order valence-corrected chi connectivity index (χ3v) is 6.14. The summed E-state index contributed by atoms with van der Waals surface area (Å²) in [4.78, 5) is 16.5. The first-order valence-electron chi connectivity index (χ1n) is 10.7. The van der Waals surface area contributed by atoms with Crippen molar-refractivity contribution >= 4 is 16.8 Å². The number of imidazole rings is 1. The van der Waals surface area contributed by atoms with Gasteiger partial charge in [0.1, 0.15) is 0 Å². The van der Waals surface area contributed by atoms with Crippen molar-refractivity contribution in [3.05, 3.63) is 48.2 Å². The molecule has 1 fully saturated rings. The van der Waals surface area contributed by atoms with Crippen LogP contribution < -0.4 is 5.73 Å². The summed E-state index contributed by atoms with van der Waals surface area (Å²) < 4.78 is 14.9. The number of hydrogen-bond donors (Lipinski definition) is 2. The van der Waals surface area contributed by atoms with Crippen LogP contribution in [0.3, 0.4) is 0 Å². The number of aliphatic hydroxyl groups excluding tert-OH is 1. The number of nitrogens with two attached hydrogens (primary N) is 1. The first kappa shape index (κ1) is 21.5. The fourth-order valence-electron chi connectivity index (χ4n) is 4.56. The van der Waals surface area contributed by atoms with Gasteiger partial charge < -0.3 is 29.4 Å². The van der Waals surface area contributed by atoms with Gasteiger partial charge in [-0.2, -0.15) is 0 Å². The van der Waals surface area contributed by atoms with Crippen LogP contribution in [-0.2, 0) is 9.47 Å². The largest absolute Gasteiger partial charge is 0.389 e. The lowest BCUT2D eigenvalue weighted by atomic mass is 9.92. The molecule has 1 amide bonds. The highest BCUT2D eigenvalue weighted by atomic mass is 16.5. The van der Waals surface area contributed by atoms with Gasteiger partial charge in [-0.1, -0.05) is 0 Å². The van der Waals surface area contributed by atoms with E-state index in [-0.39, 0.29) is 12.1 Å². The van der Waals surface area contributed by atoms with Crippen LogP contribution in [0.5, 0.6) is 0 Å². The number of benzene rings is 1. The van der Waals surface area contributed by atoms with Crippen LogP contribution >= 0.6 is 0 Å². The van der Waals surface area contributed by atoms with Crippen LogP contribution in [0, 0.1) is 0 Å². The maximum absolute atomic E-state index is 12.4. The Morgan fingerprint density at radius 3 is 2.68 bits per heavy atom. The molecule has 0 unspecified atom stereocenters. The summed E-state index contributed by atoms with van der Waals surface area (Å²) in [6.07, 6.45) is 10.5. The molecular formula is C23H30N4O4. The van der Waals surface area contributed by atoms with E-state index in [9.17, 15) is 9.90 Å². The van der Waals surface area contributed by atoms with Crippen molar-refractivity contribution in [2.24, 2.45) is 5.73 Å². The minimum atomic E-state index is -0.670. The minimum Gasteiger partial charge on any atom is -0.389 e. The number of hydrogen-bond acceptors (Lipinski definition) is 5. The lowest BCUT2D eigenvalue weighted by Gasteiger charge is -2.30. The van der Waals surface area contributed by atoms with Gasteiger partial charge in [0.05, 0.1) is 42.8 Å². The molecule has 3 aromatic rings. The van der Waals surface area contributed by atoms with E-state index >= 15 is 0 Å². The Kier molecular flexibility index (Phi) is 6.41. The summed E-state index contributed by atoms with van der Waals surface area (Å²) in [7, 11) is 1.67. The zero-order chi connectivity index (χ0) is 22.0. The molecule has 1 aromatic carbocycles. The lowest BCUT2D eigenvalue weighted by molar-refractivity contribution is -0.00622. The molecule has 0 radical (unpaired) electrons. The Bertz CT molecular complexity index is 1030. The Hall–Kier alpha value is -2.68. The van der Waals surface area contributed by atoms with E-state index in [0.29, 0.717) is 18.8 Å². The summed E-state index contributed by atoms with van der Waals surface area (Å²) in [5.74, 6) is -0.486. The molecule has 166 valence electrons. The SMILES string of the molecule is COCCOC1CCC(n2cc([C@@H](C)O)c3cc(-n4ccnc4)cc(C(N)=O)c32)CC1. The van der Waals surface area contributed by atoms with Crippen molar-refractivity contribution in [3.8, 4) is 5.69 Å². The first-order valence-corrected chi connectivity index (χ1v) is 10.7. The van der Waals surface area contributed by atoms with Gasteiger partial charge in [0, 0.05) is 48.4 Å². The molecule has 0 spiro atoms. The number of fused-ring (bicyclic) bond motifs is 1. The van der Waals surface area contributed by atoms with Gasteiger partial charge in [-0.15, -0.1) is 0 Å². The van der Waals surface area contributed by atoms with Crippen molar-refractivity contribution in [2.45, 2.75) is 50.9 Å². The molecule has 0 aliphatic heterocycles. The molecule has 8 heteroatoms. The number of aromatic nitrogens is 3. The van der Waals surface area contributed by atoms with Crippen LogP contribution in [0.25, 0.3) is 16.6 Å². The highest BCUT2D eigenvalue weighted by molar-refractivity contribution is 6.07. The summed E-state index contributed by atoms with van der Waals surface area (Å²) in [6, 6.07) is 4.00. The van der Waals surface area contributed by atoms with Gasteiger partial charge in [0.25, 0.3) is 5.91 Å². The number of carbonyl (C=O) groups is 1. The Morgan fingerprint density at radius 1 is 1.29 bits per heavy atom. The third-order valence-electron chi connectivity index (χ3n) is 6.14. The maximum atomic E-state index is 12.4. The standard InChI is InChI=1S/C23H30N4O4/c1-15(28)21-13-27(16-3-5-18(6-4-16)31-10-9-30-2)22-19(21)11-17(12-20(22)23(24)29)26-8-7-25-14-26/h7-8,11-16,18,28H,3-6,9-10H2,1-2H3,(H2,24,29)/t15-,16?,18?/m1/s1. The molecule has 1 aliphatic carbocycles. The highest BCUT2D eigenvalue weighted by Gasteiger charge is 2.27. The summed E-state index contributed by atoms with van der Waals surface area (Å²) in [6.45, 7) is 2.95. The fourth-order valence-corrected chi connectivity index (χ4v) is 4.56. The molecular weight excluding hydrogens is 396 g/mol. The van der Waals surface area contributed by atoms with Crippen LogP contribution in [0.2, 0.25) is 0 Å². The smallest absolute Gasteiger partial charge is 0.250 e. The summed E-state index contributed by atoms with van der Waals surface area (Å²) in [5.41, 5.74) is 8.62. The third kappa shape index (κ3) is 4.37. The molecule has 31 heavy (non-hydrogen) atoms. The van der Waals surface area contributed by atoms with Crippen LogP contribution in [0.15, 0.2) is 37.1 Å². The van der Waals surface area contributed by atoms with Crippen molar-refractivity contribution in [1.82, 2.24) is 14.1 Å². The van der Waals surface area contributed by atoms with E-state index in [4.69, 9.17) is 15.2 Å². The number of amides is 1. The molecule has 8 nitrogen and oxygen atoms in total. The Labute approximate surface area is 181 Å². The number of carbonyl (C=O) groups excluding carboxylic acids is 1. The lowest BCUT2D eigenvalue weighted by Crippen LogP contribution is -2.25. The first-order chi connectivity index (χ1) is 15.0. The second-order valence-electron chi connectivity index (χ2n) is 8.19. The van der Waals surface area contributed by atoms with Gasteiger partial charge in [-0.3, -0.25) is 4.79 Å². The minimum absolute atomic E-state index is 0.217. The van der Waals surface area contributed by atoms with Crippen molar-refractivity contribution in [2.75, 3.05) is 20.3 Å².